The van der Waals surface area contributed by atoms with Crippen molar-refractivity contribution in [2.45, 2.75) is 44.7 Å². The maximum absolute atomic E-state index is 12.9. The number of carbonyl (C=O) groups excluding carboxylic acids is 2. The Hall–Kier alpha value is -2.71. The fraction of sp³-hybridized carbons (Fsp3) is 0.455. The van der Waals surface area contributed by atoms with Crippen LogP contribution >= 0.6 is 11.6 Å². The monoisotopic (exact) mass is 443 g/mol. The molecule has 1 atom stereocenters. The Kier molecular flexibility index (Phi) is 6.67. The first-order valence-corrected chi connectivity index (χ1v) is 11.0. The highest BCUT2D eigenvalue weighted by Crippen LogP contribution is 2.26. The molecule has 0 saturated carbocycles. The van der Waals surface area contributed by atoms with E-state index in [1.807, 2.05) is 13.0 Å². The summed E-state index contributed by atoms with van der Waals surface area (Å²) in [5.74, 6) is 1.15. The van der Waals surface area contributed by atoms with Crippen LogP contribution in [0.5, 0.6) is 5.75 Å². The zero-order chi connectivity index (χ0) is 21.8. The van der Waals surface area contributed by atoms with Crippen molar-refractivity contribution in [1.29, 1.82) is 0 Å². The highest BCUT2D eigenvalue weighted by atomic mass is 35.5. The first-order valence-electron chi connectivity index (χ1n) is 10.6. The second-order valence-corrected chi connectivity index (χ2v) is 8.20. The Morgan fingerprint density at radius 3 is 2.48 bits per heavy atom. The minimum atomic E-state index is -0.490. The van der Waals surface area contributed by atoms with Gasteiger partial charge in [-0.15, -0.1) is 10.2 Å². The number of nitrogens with zero attached hydrogens (tertiary/aromatic N) is 4. The summed E-state index contributed by atoms with van der Waals surface area (Å²) in [6.07, 6.45) is 2.80. The molecule has 2 aromatic rings. The van der Waals surface area contributed by atoms with E-state index in [9.17, 15) is 9.59 Å². The van der Waals surface area contributed by atoms with E-state index in [-0.39, 0.29) is 24.3 Å². The number of hydrogen-bond acceptors (Lipinski definition) is 7. The van der Waals surface area contributed by atoms with Gasteiger partial charge in [-0.2, -0.15) is 0 Å². The quantitative estimate of drug-likeness (QED) is 0.658. The molecule has 2 aliphatic rings. The maximum atomic E-state index is 12.9. The van der Waals surface area contributed by atoms with Gasteiger partial charge in [-0.1, -0.05) is 18.5 Å². The van der Waals surface area contributed by atoms with E-state index in [1.54, 1.807) is 30.3 Å². The summed E-state index contributed by atoms with van der Waals surface area (Å²) >= 11 is 5.81. The lowest BCUT2D eigenvalue weighted by molar-refractivity contribution is -0.121. The smallest absolute Gasteiger partial charge is 0.251 e. The molecule has 3 heterocycles. The van der Waals surface area contributed by atoms with E-state index in [1.165, 1.54) is 4.90 Å². The van der Waals surface area contributed by atoms with E-state index in [0.717, 1.165) is 43.9 Å². The van der Waals surface area contributed by atoms with E-state index in [4.69, 9.17) is 16.3 Å². The Bertz CT molecular complexity index is 914. The van der Waals surface area contributed by atoms with E-state index >= 15 is 0 Å². The van der Waals surface area contributed by atoms with Gasteiger partial charge in [-0.3, -0.25) is 9.59 Å². The maximum Gasteiger partial charge on any atom is 0.251 e. The summed E-state index contributed by atoms with van der Waals surface area (Å²) in [5, 5.41) is 11.8. The van der Waals surface area contributed by atoms with Gasteiger partial charge in [0.15, 0.2) is 11.0 Å². The predicted octanol–water partition coefficient (Wildman–Crippen LogP) is 2.81. The van der Waals surface area contributed by atoms with Crippen LogP contribution in [-0.2, 0) is 9.59 Å². The average Bonchev–Trinajstić information content (AvgIpc) is 3.06. The molecular weight excluding hydrogens is 418 g/mol. The number of imide groups is 1. The van der Waals surface area contributed by atoms with Crippen LogP contribution < -0.4 is 19.9 Å². The number of halogens is 1. The number of benzene rings is 1. The highest BCUT2D eigenvalue weighted by Gasteiger charge is 2.40. The third kappa shape index (κ3) is 4.97. The lowest BCUT2D eigenvalue weighted by Crippen LogP contribution is -2.49. The molecule has 0 spiro atoms. The van der Waals surface area contributed by atoms with Gasteiger partial charge < -0.3 is 15.0 Å². The number of rotatable bonds is 7. The molecule has 0 radical (unpaired) electrons. The number of anilines is 2. The van der Waals surface area contributed by atoms with Gasteiger partial charge in [-0.25, -0.2) is 4.90 Å². The van der Waals surface area contributed by atoms with Gasteiger partial charge in [-0.05, 0) is 55.7 Å². The van der Waals surface area contributed by atoms with Crippen LogP contribution in [0.15, 0.2) is 36.4 Å². The zero-order valence-electron chi connectivity index (χ0n) is 17.5. The number of piperidine rings is 1. The van der Waals surface area contributed by atoms with E-state index in [0.29, 0.717) is 17.4 Å². The average molecular weight is 444 g/mol. The van der Waals surface area contributed by atoms with Crippen molar-refractivity contribution in [3.63, 3.8) is 0 Å². The van der Waals surface area contributed by atoms with Crippen LogP contribution in [0.3, 0.4) is 0 Å². The summed E-state index contributed by atoms with van der Waals surface area (Å²) in [6.45, 7) is 4.27. The summed E-state index contributed by atoms with van der Waals surface area (Å²) < 4.78 is 5.57. The van der Waals surface area contributed by atoms with Crippen molar-refractivity contribution in [2.24, 2.45) is 0 Å². The predicted molar refractivity (Wildman–Crippen MR) is 119 cm³/mol. The fourth-order valence-corrected chi connectivity index (χ4v) is 4.08. The second kappa shape index (κ2) is 9.62. The molecule has 2 saturated heterocycles. The zero-order valence-corrected chi connectivity index (χ0v) is 18.2. The standard InChI is InChI=1S/C22H26ClN5O3/c1-2-13-31-17-5-3-16(4-6-17)28-21(29)14-18(22(28)30)24-15-9-11-27(12-10-15)20-8-7-19(23)25-26-20/h3-8,15,18,24H,2,9-14H2,1H3/t18-/m1/s1. The number of nitrogens with one attached hydrogen (secondary N) is 1. The van der Waals surface area contributed by atoms with Gasteiger partial charge in [0.2, 0.25) is 5.91 Å². The molecule has 4 rings (SSSR count). The van der Waals surface area contributed by atoms with Crippen LogP contribution in [0.25, 0.3) is 0 Å². The molecule has 1 aromatic carbocycles. The summed E-state index contributed by atoms with van der Waals surface area (Å²) in [6, 6.07) is 10.4. The minimum absolute atomic E-state index is 0.169. The Morgan fingerprint density at radius 1 is 1.10 bits per heavy atom. The van der Waals surface area contributed by atoms with Crippen LogP contribution in [0.2, 0.25) is 5.15 Å². The van der Waals surface area contributed by atoms with Gasteiger partial charge in [0.1, 0.15) is 5.75 Å². The van der Waals surface area contributed by atoms with Crippen molar-refractivity contribution in [3.8, 4) is 5.75 Å². The van der Waals surface area contributed by atoms with Crippen molar-refractivity contribution in [1.82, 2.24) is 15.5 Å². The summed E-state index contributed by atoms with van der Waals surface area (Å²) in [7, 11) is 0. The van der Waals surface area contributed by atoms with Crippen molar-refractivity contribution < 1.29 is 14.3 Å². The molecular formula is C22H26ClN5O3. The minimum Gasteiger partial charge on any atom is -0.494 e. The molecule has 0 unspecified atom stereocenters. The summed E-state index contributed by atoms with van der Waals surface area (Å²) in [5.41, 5.74) is 0.583. The SMILES string of the molecule is CCCOc1ccc(N2C(=O)C[C@@H](NC3CCN(c4ccc(Cl)nn4)CC3)C2=O)cc1. The number of aromatic nitrogens is 2. The first-order chi connectivity index (χ1) is 15.0. The lowest BCUT2D eigenvalue weighted by Gasteiger charge is -2.33. The molecule has 1 aromatic heterocycles. The molecule has 164 valence electrons. The Labute approximate surface area is 186 Å². The topological polar surface area (TPSA) is 87.7 Å². The summed E-state index contributed by atoms with van der Waals surface area (Å²) in [4.78, 5) is 28.9. The third-order valence-corrected chi connectivity index (χ3v) is 5.79. The van der Waals surface area contributed by atoms with E-state index in [2.05, 4.69) is 20.4 Å². The van der Waals surface area contributed by atoms with Crippen molar-refractivity contribution in [3.05, 3.63) is 41.6 Å². The fourth-order valence-electron chi connectivity index (χ4n) is 3.98. The van der Waals surface area contributed by atoms with Gasteiger partial charge >= 0.3 is 0 Å². The van der Waals surface area contributed by atoms with Crippen molar-refractivity contribution >= 4 is 34.9 Å². The van der Waals surface area contributed by atoms with Crippen LogP contribution in [0, 0.1) is 0 Å². The molecule has 31 heavy (non-hydrogen) atoms. The van der Waals surface area contributed by atoms with Gasteiger partial charge in [0.05, 0.1) is 24.8 Å². The highest BCUT2D eigenvalue weighted by molar-refractivity contribution is 6.29. The number of amides is 2. The Morgan fingerprint density at radius 2 is 1.84 bits per heavy atom. The van der Waals surface area contributed by atoms with E-state index < -0.39 is 6.04 Å². The van der Waals surface area contributed by atoms with Gasteiger partial charge in [0.25, 0.3) is 5.91 Å². The normalized spacial score (nSPS) is 19.9. The third-order valence-electron chi connectivity index (χ3n) is 5.59. The molecule has 2 amide bonds. The van der Waals surface area contributed by atoms with Crippen LogP contribution in [-0.4, -0.2) is 53.8 Å². The molecule has 2 aliphatic heterocycles. The molecule has 1 N–H and O–H groups in total. The molecule has 2 fully saturated rings. The largest absolute Gasteiger partial charge is 0.494 e. The second-order valence-electron chi connectivity index (χ2n) is 7.81. The molecule has 0 bridgehead atoms. The van der Waals surface area contributed by atoms with Crippen LogP contribution in [0.4, 0.5) is 11.5 Å². The number of ether oxygens (including phenoxy) is 1. The van der Waals surface area contributed by atoms with Gasteiger partial charge in [0, 0.05) is 19.1 Å². The van der Waals surface area contributed by atoms with Crippen molar-refractivity contribution in [2.75, 3.05) is 29.5 Å². The molecule has 9 heteroatoms. The first kappa shape index (κ1) is 21.5. The number of carbonyl (C=O) groups is 2. The van der Waals surface area contributed by atoms with Crippen LogP contribution in [0.1, 0.15) is 32.6 Å². The molecule has 8 nitrogen and oxygen atoms in total. The molecule has 0 aliphatic carbocycles. The Balaban J connectivity index is 1.32. The lowest BCUT2D eigenvalue weighted by atomic mass is 10.0. The number of hydrogen-bond donors (Lipinski definition) is 1.